The maximum absolute atomic E-state index is 12.1. The van der Waals surface area contributed by atoms with Crippen LogP contribution in [0.25, 0.3) is 0 Å². The number of amides is 1. The number of nitrogens with zero attached hydrogens (tertiary/aromatic N) is 1. The summed E-state index contributed by atoms with van der Waals surface area (Å²) >= 11 is 7.41. The predicted octanol–water partition coefficient (Wildman–Crippen LogP) is 3.17. The number of thiophene rings is 1. The number of carbonyl (C=O) groups is 1. The zero-order chi connectivity index (χ0) is 14.5. The molecule has 0 spiro atoms. The number of hydrogen-bond acceptors (Lipinski definition) is 3. The Morgan fingerprint density at radius 3 is 2.95 bits per heavy atom. The van der Waals surface area contributed by atoms with Crippen LogP contribution >= 0.6 is 22.9 Å². The summed E-state index contributed by atoms with van der Waals surface area (Å²) in [6.07, 6.45) is 3.55. The van der Waals surface area contributed by atoms with Crippen LogP contribution in [0.2, 0.25) is 4.34 Å². The summed E-state index contributed by atoms with van der Waals surface area (Å²) in [7, 11) is 0. The predicted molar refractivity (Wildman–Crippen MR) is 84.5 cm³/mol. The van der Waals surface area contributed by atoms with Gasteiger partial charge in [0.05, 0.1) is 10.0 Å². The van der Waals surface area contributed by atoms with Crippen molar-refractivity contribution in [3.8, 4) is 0 Å². The molecule has 0 aliphatic heterocycles. The first kappa shape index (κ1) is 14.9. The van der Waals surface area contributed by atoms with Crippen molar-refractivity contribution in [1.29, 1.82) is 0 Å². The van der Waals surface area contributed by atoms with Gasteiger partial charge in [-0.15, -0.1) is 11.3 Å². The monoisotopic (exact) mass is 311 g/mol. The number of aryl methyl sites for hydroxylation is 1. The van der Waals surface area contributed by atoms with Gasteiger partial charge in [0.2, 0.25) is 0 Å². The second-order valence-electron chi connectivity index (χ2n) is 4.56. The van der Waals surface area contributed by atoms with Crippen molar-refractivity contribution in [2.45, 2.75) is 26.3 Å². The topological polar surface area (TPSA) is 60.0 Å². The molecule has 0 aromatic carbocycles. The lowest BCUT2D eigenvalue weighted by Crippen LogP contribution is -2.27. The molecule has 0 saturated carbocycles. The van der Waals surface area contributed by atoms with Crippen molar-refractivity contribution in [1.82, 2.24) is 9.88 Å². The van der Waals surface area contributed by atoms with E-state index in [1.54, 1.807) is 12.3 Å². The summed E-state index contributed by atoms with van der Waals surface area (Å²) < 4.78 is 2.67. The van der Waals surface area contributed by atoms with Crippen molar-refractivity contribution < 1.29 is 4.79 Å². The Morgan fingerprint density at radius 1 is 1.50 bits per heavy atom. The van der Waals surface area contributed by atoms with Crippen molar-refractivity contribution in [3.05, 3.63) is 39.3 Å². The van der Waals surface area contributed by atoms with Crippen LogP contribution in [-0.4, -0.2) is 17.0 Å². The molecule has 0 radical (unpaired) electrons. The summed E-state index contributed by atoms with van der Waals surface area (Å²) in [5.41, 5.74) is 6.99. The average Bonchev–Trinajstić information content (AvgIpc) is 2.96. The molecule has 0 unspecified atom stereocenters. The van der Waals surface area contributed by atoms with E-state index in [9.17, 15) is 4.79 Å². The number of rotatable bonds is 6. The van der Waals surface area contributed by atoms with Gasteiger partial charge in [0.25, 0.3) is 5.91 Å². The second kappa shape index (κ2) is 6.81. The molecule has 6 heteroatoms. The number of carbonyl (C=O) groups excluding carboxylic acids is 1. The summed E-state index contributed by atoms with van der Waals surface area (Å²) in [5.74, 6) is -0.0854. The second-order valence-corrected chi connectivity index (χ2v) is 6.36. The van der Waals surface area contributed by atoms with E-state index in [-0.39, 0.29) is 5.91 Å². The Labute approximate surface area is 127 Å². The van der Waals surface area contributed by atoms with Crippen LogP contribution in [0.4, 0.5) is 5.69 Å². The van der Waals surface area contributed by atoms with Crippen LogP contribution in [0.5, 0.6) is 0 Å². The molecule has 2 rings (SSSR count). The highest BCUT2D eigenvalue weighted by Crippen LogP contribution is 2.21. The quantitative estimate of drug-likeness (QED) is 0.861. The van der Waals surface area contributed by atoms with Gasteiger partial charge in [-0.25, -0.2) is 0 Å². The molecule has 0 saturated heterocycles. The third-order valence-electron chi connectivity index (χ3n) is 2.90. The van der Waals surface area contributed by atoms with E-state index in [0.29, 0.717) is 17.9 Å². The lowest BCUT2D eigenvalue weighted by atomic mass is 10.3. The Morgan fingerprint density at radius 2 is 2.30 bits per heavy atom. The summed E-state index contributed by atoms with van der Waals surface area (Å²) in [4.78, 5) is 13.3. The van der Waals surface area contributed by atoms with E-state index in [4.69, 9.17) is 17.3 Å². The summed E-state index contributed by atoms with van der Waals surface area (Å²) in [6, 6.07) is 5.57. The molecule has 3 N–H and O–H groups in total. The fourth-order valence-corrected chi connectivity index (χ4v) is 3.11. The highest BCUT2D eigenvalue weighted by molar-refractivity contribution is 7.16. The number of halogens is 1. The van der Waals surface area contributed by atoms with Crippen LogP contribution in [0, 0.1) is 0 Å². The number of nitrogen functional groups attached to an aromatic ring is 1. The first-order valence-electron chi connectivity index (χ1n) is 6.58. The highest BCUT2D eigenvalue weighted by atomic mass is 35.5. The SMILES string of the molecule is CCCn1cc(N)cc1C(=O)NCCc1ccc(Cl)s1. The van der Waals surface area contributed by atoms with Crippen LogP contribution in [0.1, 0.15) is 28.7 Å². The summed E-state index contributed by atoms with van der Waals surface area (Å²) in [6.45, 7) is 3.45. The Hall–Kier alpha value is -1.46. The van der Waals surface area contributed by atoms with Gasteiger partial charge in [0.15, 0.2) is 0 Å². The third kappa shape index (κ3) is 3.77. The number of hydrogen-bond donors (Lipinski definition) is 2. The molecular weight excluding hydrogens is 294 g/mol. The molecule has 0 aliphatic rings. The van der Waals surface area contributed by atoms with Gasteiger partial charge in [-0.2, -0.15) is 0 Å². The normalized spacial score (nSPS) is 10.7. The van der Waals surface area contributed by atoms with E-state index in [0.717, 1.165) is 23.7 Å². The molecule has 0 atom stereocenters. The fraction of sp³-hybridized carbons (Fsp3) is 0.357. The largest absolute Gasteiger partial charge is 0.397 e. The molecule has 0 bridgehead atoms. The van der Waals surface area contributed by atoms with E-state index in [1.165, 1.54) is 16.2 Å². The molecule has 0 aliphatic carbocycles. The molecule has 0 fully saturated rings. The zero-order valence-corrected chi connectivity index (χ0v) is 12.9. The van der Waals surface area contributed by atoms with E-state index in [2.05, 4.69) is 12.2 Å². The van der Waals surface area contributed by atoms with Crippen molar-refractivity contribution in [2.75, 3.05) is 12.3 Å². The van der Waals surface area contributed by atoms with Gasteiger partial charge < -0.3 is 15.6 Å². The maximum Gasteiger partial charge on any atom is 0.267 e. The minimum atomic E-state index is -0.0854. The molecule has 2 aromatic rings. The first-order chi connectivity index (χ1) is 9.60. The highest BCUT2D eigenvalue weighted by Gasteiger charge is 2.12. The van der Waals surface area contributed by atoms with Gasteiger partial charge in [-0.1, -0.05) is 18.5 Å². The van der Waals surface area contributed by atoms with Crippen LogP contribution in [0.3, 0.4) is 0 Å². The standard InChI is InChI=1S/C14H18ClN3OS/c1-2-7-18-9-10(16)8-12(18)14(19)17-6-5-11-3-4-13(15)20-11/h3-4,8-9H,2,5-7,16H2,1H3,(H,17,19). The minimum absolute atomic E-state index is 0.0854. The molecule has 20 heavy (non-hydrogen) atoms. The van der Waals surface area contributed by atoms with Crippen molar-refractivity contribution in [2.24, 2.45) is 0 Å². The van der Waals surface area contributed by atoms with E-state index in [1.807, 2.05) is 16.7 Å². The smallest absolute Gasteiger partial charge is 0.267 e. The molecular formula is C14H18ClN3OS. The van der Waals surface area contributed by atoms with Gasteiger partial charge in [-0.05, 0) is 31.0 Å². The maximum atomic E-state index is 12.1. The zero-order valence-electron chi connectivity index (χ0n) is 11.4. The first-order valence-corrected chi connectivity index (χ1v) is 7.77. The minimum Gasteiger partial charge on any atom is -0.397 e. The van der Waals surface area contributed by atoms with E-state index >= 15 is 0 Å². The van der Waals surface area contributed by atoms with Crippen LogP contribution in [-0.2, 0) is 13.0 Å². The number of aromatic nitrogens is 1. The number of anilines is 1. The number of nitrogens with one attached hydrogen (secondary N) is 1. The average molecular weight is 312 g/mol. The Balaban J connectivity index is 1.91. The summed E-state index contributed by atoms with van der Waals surface area (Å²) in [5, 5.41) is 2.92. The molecule has 1 amide bonds. The van der Waals surface area contributed by atoms with Gasteiger partial charge in [-0.3, -0.25) is 4.79 Å². The molecule has 4 nitrogen and oxygen atoms in total. The molecule has 108 valence electrons. The van der Waals surface area contributed by atoms with Gasteiger partial charge >= 0.3 is 0 Å². The van der Waals surface area contributed by atoms with Gasteiger partial charge in [0.1, 0.15) is 5.69 Å². The van der Waals surface area contributed by atoms with Crippen molar-refractivity contribution in [3.63, 3.8) is 0 Å². The Kier molecular flexibility index (Phi) is 5.09. The number of nitrogens with two attached hydrogens (primary N) is 1. The van der Waals surface area contributed by atoms with Crippen LogP contribution < -0.4 is 11.1 Å². The van der Waals surface area contributed by atoms with Crippen LogP contribution in [0.15, 0.2) is 24.4 Å². The van der Waals surface area contributed by atoms with Gasteiger partial charge in [0, 0.05) is 24.2 Å². The van der Waals surface area contributed by atoms with E-state index < -0.39 is 0 Å². The fourth-order valence-electron chi connectivity index (χ4n) is 2.03. The van der Waals surface area contributed by atoms with Crippen molar-refractivity contribution >= 4 is 34.5 Å². The molecule has 2 aromatic heterocycles. The lowest BCUT2D eigenvalue weighted by Gasteiger charge is -2.08. The third-order valence-corrected chi connectivity index (χ3v) is 4.19. The Bertz CT molecular complexity index is 591. The lowest BCUT2D eigenvalue weighted by molar-refractivity contribution is 0.0945. The molecule has 2 heterocycles.